The maximum atomic E-state index is 2.33. The number of rotatable bonds is 9. The first kappa shape index (κ1) is 17.2. The SMILES string of the molecule is CC=CCCC=CCCC=CCC(C)(C)[C](C)C. The average molecular weight is 247 g/mol. The lowest BCUT2D eigenvalue weighted by Crippen LogP contribution is -2.15. The summed E-state index contributed by atoms with van der Waals surface area (Å²) < 4.78 is 0. The molecule has 0 bridgehead atoms. The molecular weight excluding hydrogens is 216 g/mol. The van der Waals surface area contributed by atoms with Crippen molar-refractivity contribution < 1.29 is 0 Å². The first-order valence-electron chi connectivity index (χ1n) is 7.22. The highest BCUT2D eigenvalue weighted by Crippen LogP contribution is 2.31. The van der Waals surface area contributed by atoms with Gasteiger partial charge in [0, 0.05) is 0 Å². The smallest absolute Gasteiger partial charge is 0.0244 e. The van der Waals surface area contributed by atoms with Crippen molar-refractivity contribution in [1.29, 1.82) is 0 Å². The molecule has 0 amide bonds. The van der Waals surface area contributed by atoms with Gasteiger partial charge in [0.25, 0.3) is 0 Å². The molecule has 0 atom stereocenters. The monoisotopic (exact) mass is 247 g/mol. The van der Waals surface area contributed by atoms with E-state index in [2.05, 4.69) is 71.1 Å². The van der Waals surface area contributed by atoms with Crippen molar-refractivity contribution in [1.82, 2.24) is 0 Å². The Bertz CT molecular complexity index is 264. The second kappa shape index (κ2) is 10.2. The zero-order valence-electron chi connectivity index (χ0n) is 13.0. The van der Waals surface area contributed by atoms with E-state index in [1.54, 1.807) is 0 Å². The highest BCUT2D eigenvalue weighted by Gasteiger charge is 2.20. The molecule has 0 aliphatic heterocycles. The van der Waals surface area contributed by atoms with E-state index in [4.69, 9.17) is 0 Å². The Hall–Kier alpha value is -0.780. The number of hydrogen-bond acceptors (Lipinski definition) is 0. The second-order valence-electron chi connectivity index (χ2n) is 5.75. The molecule has 0 heteroatoms. The summed E-state index contributed by atoms with van der Waals surface area (Å²) in [7, 11) is 0. The molecule has 103 valence electrons. The van der Waals surface area contributed by atoms with E-state index < -0.39 is 0 Å². The van der Waals surface area contributed by atoms with Crippen LogP contribution in [0.5, 0.6) is 0 Å². The van der Waals surface area contributed by atoms with Gasteiger partial charge in [-0.25, -0.2) is 0 Å². The van der Waals surface area contributed by atoms with E-state index in [9.17, 15) is 0 Å². The van der Waals surface area contributed by atoms with Gasteiger partial charge in [-0.2, -0.15) is 0 Å². The third-order valence-corrected chi connectivity index (χ3v) is 3.55. The van der Waals surface area contributed by atoms with E-state index in [1.807, 2.05) is 0 Å². The summed E-state index contributed by atoms with van der Waals surface area (Å²) in [5, 5.41) is 0. The summed E-state index contributed by atoms with van der Waals surface area (Å²) in [5.74, 6) is 1.51. The van der Waals surface area contributed by atoms with Crippen molar-refractivity contribution in [2.75, 3.05) is 0 Å². The predicted octanol–water partition coefficient (Wildman–Crippen LogP) is 6.27. The first-order valence-corrected chi connectivity index (χ1v) is 7.22. The van der Waals surface area contributed by atoms with Gasteiger partial charge in [0.2, 0.25) is 0 Å². The van der Waals surface area contributed by atoms with Crippen molar-refractivity contribution in [3.05, 3.63) is 42.4 Å². The molecule has 18 heavy (non-hydrogen) atoms. The fourth-order valence-corrected chi connectivity index (χ4v) is 1.49. The zero-order valence-corrected chi connectivity index (χ0v) is 13.0. The minimum absolute atomic E-state index is 0.346. The van der Waals surface area contributed by atoms with Crippen LogP contribution in [0.2, 0.25) is 0 Å². The van der Waals surface area contributed by atoms with Gasteiger partial charge in [-0.3, -0.25) is 0 Å². The molecule has 0 spiro atoms. The Morgan fingerprint density at radius 1 is 0.778 bits per heavy atom. The molecule has 0 saturated carbocycles. The zero-order chi connectivity index (χ0) is 13.9. The minimum Gasteiger partial charge on any atom is -0.0917 e. The van der Waals surface area contributed by atoms with E-state index in [0.29, 0.717) is 5.41 Å². The summed E-state index contributed by atoms with van der Waals surface area (Å²) >= 11 is 0. The van der Waals surface area contributed by atoms with Crippen LogP contribution < -0.4 is 0 Å². The molecule has 0 saturated heterocycles. The summed E-state index contributed by atoms with van der Waals surface area (Å²) in [6, 6.07) is 0. The summed E-state index contributed by atoms with van der Waals surface area (Å²) in [6.45, 7) is 11.1. The van der Waals surface area contributed by atoms with E-state index in [0.717, 1.165) is 6.42 Å². The maximum absolute atomic E-state index is 2.33. The number of allylic oxidation sites excluding steroid dienone is 6. The molecule has 0 aliphatic carbocycles. The standard InChI is InChI=1S/C18H31/c1-6-7-8-9-10-11-12-13-14-15-16-18(4,5)17(2)3/h6-7,10-11,14-15H,8-9,12-13,16H2,1-5H3. The number of unbranched alkanes of at least 4 members (excludes halogenated alkanes) is 2. The van der Waals surface area contributed by atoms with Crippen LogP contribution in [0.15, 0.2) is 36.5 Å². The fourth-order valence-electron chi connectivity index (χ4n) is 1.49. The predicted molar refractivity (Wildman–Crippen MR) is 84.6 cm³/mol. The summed E-state index contributed by atoms with van der Waals surface area (Å²) in [4.78, 5) is 0. The van der Waals surface area contributed by atoms with Gasteiger partial charge < -0.3 is 0 Å². The lowest BCUT2D eigenvalue weighted by atomic mass is 9.78. The Balaban J connectivity index is 3.60. The molecule has 0 aliphatic rings. The van der Waals surface area contributed by atoms with Crippen LogP contribution in [-0.4, -0.2) is 0 Å². The first-order chi connectivity index (χ1) is 8.50. The van der Waals surface area contributed by atoms with Crippen molar-refractivity contribution in [2.24, 2.45) is 5.41 Å². The molecule has 0 fully saturated rings. The maximum Gasteiger partial charge on any atom is -0.0244 e. The van der Waals surface area contributed by atoms with Crippen LogP contribution in [-0.2, 0) is 0 Å². The molecule has 0 heterocycles. The van der Waals surface area contributed by atoms with Crippen LogP contribution in [0.1, 0.15) is 66.7 Å². The van der Waals surface area contributed by atoms with Gasteiger partial charge in [-0.15, -0.1) is 0 Å². The largest absolute Gasteiger partial charge is 0.0917 e. The van der Waals surface area contributed by atoms with E-state index in [1.165, 1.54) is 31.6 Å². The molecule has 0 rings (SSSR count). The van der Waals surface area contributed by atoms with Crippen LogP contribution in [0.4, 0.5) is 0 Å². The van der Waals surface area contributed by atoms with Gasteiger partial charge in [-0.1, -0.05) is 64.2 Å². The third kappa shape index (κ3) is 9.27. The average Bonchev–Trinajstić information content (AvgIpc) is 2.31. The molecule has 1 radical (unpaired) electrons. The third-order valence-electron chi connectivity index (χ3n) is 3.55. The fraction of sp³-hybridized carbons (Fsp3) is 0.611. The van der Waals surface area contributed by atoms with Crippen molar-refractivity contribution in [3.63, 3.8) is 0 Å². The van der Waals surface area contributed by atoms with Crippen molar-refractivity contribution >= 4 is 0 Å². The van der Waals surface area contributed by atoms with Crippen LogP contribution >= 0.6 is 0 Å². The molecule has 0 aromatic heterocycles. The molecule has 0 aromatic carbocycles. The van der Waals surface area contributed by atoms with Crippen LogP contribution in [0, 0.1) is 11.3 Å². The molecule has 0 N–H and O–H groups in total. The lowest BCUT2D eigenvalue weighted by molar-refractivity contribution is 0.395. The summed E-state index contributed by atoms with van der Waals surface area (Å²) in [5.41, 5.74) is 0.346. The van der Waals surface area contributed by atoms with Crippen LogP contribution in [0.25, 0.3) is 0 Å². The highest BCUT2D eigenvalue weighted by atomic mass is 14.2. The van der Waals surface area contributed by atoms with Gasteiger partial charge in [0.15, 0.2) is 0 Å². The molecule has 0 nitrogen and oxygen atoms in total. The Labute approximate surface area is 115 Å². The highest BCUT2D eigenvalue weighted by molar-refractivity contribution is 5.00. The Morgan fingerprint density at radius 2 is 1.22 bits per heavy atom. The van der Waals surface area contributed by atoms with E-state index >= 15 is 0 Å². The van der Waals surface area contributed by atoms with Gasteiger partial charge in [0.1, 0.15) is 0 Å². The summed E-state index contributed by atoms with van der Waals surface area (Å²) in [6.07, 6.45) is 19.4. The lowest BCUT2D eigenvalue weighted by Gasteiger charge is -2.27. The van der Waals surface area contributed by atoms with Gasteiger partial charge in [-0.05, 0) is 50.4 Å². The van der Waals surface area contributed by atoms with Crippen LogP contribution in [0.3, 0.4) is 0 Å². The van der Waals surface area contributed by atoms with Gasteiger partial charge in [0.05, 0.1) is 0 Å². The second-order valence-corrected chi connectivity index (χ2v) is 5.75. The van der Waals surface area contributed by atoms with E-state index in [-0.39, 0.29) is 0 Å². The quantitative estimate of drug-likeness (QED) is 0.333. The molecule has 0 unspecified atom stereocenters. The normalized spacial score (nSPS) is 13.7. The van der Waals surface area contributed by atoms with Crippen molar-refractivity contribution in [3.8, 4) is 0 Å². The molecule has 0 aromatic rings. The Kier molecular flexibility index (Phi) is 9.73. The van der Waals surface area contributed by atoms with Gasteiger partial charge >= 0.3 is 0 Å². The topological polar surface area (TPSA) is 0 Å². The molecular formula is C18H31. The van der Waals surface area contributed by atoms with Crippen molar-refractivity contribution in [2.45, 2.75) is 66.7 Å². The number of hydrogen-bond donors (Lipinski definition) is 0. The Morgan fingerprint density at radius 3 is 1.67 bits per heavy atom. The minimum atomic E-state index is 0.346.